The number of nitrogens with one attached hydrogen (secondary N) is 1. The van der Waals surface area contributed by atoms with Crippen LogP contribution in [-0.2, 0) is 9.53 Å². The van der Waals surface area contributed by atoms with E-state index in [2.05, 4.69) is 15.4 Å². The topological polar surface area (TPSA) is 94.4 Å². The molecule has 1 heterocycles. The van der Waals surface area contributed by atoms with Crippen LogP contribution in [0.2, 0.25) is 0 Å². The van der Waals surface area contributed by atoms with Gasteiger partial charge in [-0.25, -0.2) is 5.43 Å². The zero-order chi connectivity index (χ0) is 15.1. The number of carbonyl (C=O) groups is 1. The summed E-state index contributed by atoms with van der Waals surface area (Å²) in [6.45, 7) is 3.78. The zero-order valence-electron chi connectivity index (χ0n) is 11.7. The highest BCUT2D eigenvalue weighted by molar-refractivity contribution is 5.85. The number of hydrogen-bond donors (Lipinski definition) is 3. The number of morpholine rings is 1. The maximum Gasteiger partial charge on any atom is 0.241 e. The fourth-order valence-corrected chi connectivity index (χ4v) is 1.96. The second-order valence-electron chi connectivity index (χ2n) is 4.74. The molecule has 2 rings (SSSR count). The van der Waals surface area contributed by atoms with E-state index in [1.54, 1.807) is 0 Å². The normalized spacial score (nSPS) is 16.2. The van der Waals surface area contributed by atoms with Crippen molar-refractivity contribution in [2.24, 2.45) is 5.10 Å². The zero-order valence-corrected chi connectivity index (χ0v) is 11.7. The highest BCUT2D eigenvalue weighted by atomic mass is 16.5. The van der Waals surface area contributed by atoms with E-state index in [-0.39, 0.29) is 17.4 Å². The number of phenols is 2. The van der Waals surface area contributed by atoms with Crippen LogP contribution in [0.5, 0.6) is 11.5 Å². The molecule has 0 saturated carbocycles. The van der Waals surface area contributed by atoms with Gasteiger partial charge in [0.1, 0.15) is 11.5 Å². The molecule has 0 bridgehead atoms. The molecule has 0 unspecified atom stereocenters. The number of aromatic hydroxyl groups is 2. The number of hydrazone groups is 1. The third-order valence-corrected chi connectivity index (χ3v) is 3.17. The lowest BCUT2D eigenvalue weighted by atomic mass is 10.2. The molecule has 1 aliphatic heterocycles. The van der Waals surface area contributed by atoms with E-state index in [1.165, 1.54) is 24.4 Å². The van der Waals surface area contributed by atoms with Gasteiger partial charge in [0.25, 0.3) is 0 Å². The van der Waals surface area contributed by atoms with Crippen molar-refractivity contribution in [3.05, 3.63) is 23.8 Å². The molecule has 7 nitrogen and oxygen atoms in total. The standard InChI is InChI=1S/C14H19N3O4/c18-12-2-1-11(13(19)9-12)10-15-16-14(20)3-4-17-5-7-21-8-6-17/h1-2,9-10,18-19H,3-8H2,(H,16,20)/b15-10-. The van der Waals surface area contributed by atoms with E-state index in [0.717, 1.165) is 13.1 Å². The molecular weight excluding hydrogens is 274 g/mol. The summed E-state index contributed by atoms with van der Waals surface area (Å²) in [5.74, 6) is -0.309. The van der Waals surface area contributed by atoms with E-state index >= 15 is 0 Å². The Morgan fingerprint density at radius 3 is 2.86 bits per heavy atom. The van der Waals surface area contributed by atoms with Crippen molar-refractivity contribution in [2.45, 2.75) is 6.42 Å². The molecule has 1 aromatic rings. The maximum atomic E-state index is 11.6. The average Bonchev–Trinajstić information content (AvgIpc) is 2.48. The first-order valence-electron chi connectivity index (χ1n) is 6.79. The molecule has 1 aromatic carbocycles. The quantitative estimate of drug-likeness (QED) is 0.535. The number of benzene rings is 1. The molecule has 1 aliphatic rings. The van der Waals surface area contributed by atoms with Crippen molar-refractivity contribution in [3.8, 4) is 11.5 Å². The summed E-state index contributed by atoms with van der Waals surface area (Å²) in [6, 6.07) is 4.15. The molecular formula is C14H19N3O4. The Hall–Kier alpha value is -2.12. The molecule has 0 radical (unpaired) electrons. The smallest absolute Gasteiger partial charge is 0.241 e. The van der Waals surface area contributed by atoms with Gasteiger partial charge < -0.3 is 14.9 Å². The highest BCUT2D eigenvalue weighted by Crippen LogP contribution is 2.20. The Morgan fingerprint density at radius 2 is 2.14 bits per heavy atom. The summed E-state index contributed by atoms with van der Waals surface area (Å²) < 4.78 is 5.23. The van der Waals surface area contributed by atoms with E-state index in [4.69, 9.17) is 9.84 Å². The van der Waals surface area contributed by atoms with Gasteiger partial charge in [0.2, 0.25) is 5.91 Å². The minimum atomic E-state index is -0.184. The summed E-state index contributed by atoms with van der Waals surface area (Å²) in [4.78, 5) is 13.8. The van der Waals surface area contributed by atoms with Gasteiger partial charge in [-0.05, 0) is 12.1 Å². The number of hydrogen-bond acceptors (Lipinski definition) is 6. The fourth-order valence-electron chi connectivity index (χ4n) is 1.96. The van der Waals surface area contributed by atoms with Crippen LogP contribution in [0, 0.1) is 0 Å². The van der Waals surface area contributed by atoms with Gasteiger partial charge >= 0.3 is 0 Å². The van der Waals surface area contributed by atoms with E-state index < -0.39 is 0 Å². The van der Waals surface area contributed by atoms with Crippen molar-refractivity contribution in [1.29, 1.82) is 0 Å². The molecule has 1 amide bonds. The Balaban J connectivity index is 1.73. The first-order valence-corrected chi connectivity index (χ1v) is 6.79. The van der Waals surface area contributed by atoms with Gasteiger partial charge in [-0.1, -0.05) is 0 Å². The second-order valence-corrected chi connectivity index (χ2v) is 4.74. The van der Waals surface area contributed by atoms with Crippen molar-refractivity contribution in [3.63, 3.8) is 0 Å². The van der Waals surface area contributed by atoms with Crippen LogP contribution in [0.25, 0.3) is 0 Å². The van der Waals surface area contributed by atoms with Crippen LogP contribution in [0.1, 0.15) is 12.0 Å². The third-order valence-electron chi connectivity index (χ3n) is 3.17. The van der Waals surface area contributed by atoms with E-state index in [1.807, 2.05) is 0 Å². The molecule has 7 heteroatoms. The minimum Gasteiger partial charge on any atom is -0.508 e. The van der Waals surface area contributed by atoms with Gasteiger partial charge in [0.15, 0.2) is 0 Å². The monoisotopic (exact) mass is 293 g/mol. The Labute approximate surface area is 122 Å². The largest absolute Gasteiger partial charge is 0.508 e. The lowest BCUT2D eigenvalue weighted by molar-refractivity contribution is -0.121. The van der Waals surface area contributed by atoms with Crippen molar-refractivity contribution in [2.75, 3.05) is 32.8 Å². The number of rotatable bonds is 5. The number of phenolic OH excluding ortho intramolecular Hbond substituents is 2. The minimum absolute atomic E-state index is 0.0285. The molecule has 0 aromatic heterocycles. The summed E-state index contributed by atoms with van der Waals surface area (Å²) in [6.07, 6.45) is 1.69. The first kappa shape index (κ1) is 15.3. The molecule has 21 heavy (non-hydrogen) atoms. The number of nitrogens with zero attached hydrogens (tertiary/aromatic N) is 2. The van der Waals surface area contributed by atoms with E-state index in [9.17, 15) is 9.90 Å². The van der Waals surface area contributed by atoms with Gasteiger partial charge in [-0.3, -0.25) is 9.69 Å². The first-order chi connectivity index (χ1) is 10.1. The van der Waals surface area contributed by atoms with Crippen LogP contribution in [0.15, 0.2) is 23.3 Å². The molecule has 3 N–H and O–H groups in total. The van der Waals surface area contributed by atoms with Crippen LogP contribution in [0.4, 0.5) is 0 Å². The lowest BCUT2D eigenvalue weighted by Crippen LogP contribution is -2.38. The molecule has 1 fully saturated rings. The predicted octanol–water partition coefficient (Wildman–Crippen LogP) is 0.270. The van der Waals surface area contributed by atoms with E-state index in [0.29, 0.717) is 31.7 Å². The van der Waals surface area contributed by atoms with Crippen LogP contribution < -0.4 is 5.43 Å². The van der Waals surface area contributed by atoms with Gasteiger partial charge in [-0.2, -0.15) is 5.10 Å². The highest BCUT2D eigenvalue weighted by Gasteiger charge is 2.11. The van der Waals surface area contributed by atoms with Crippen molar-refractivity contribution < 1.29 is 19.7 Å². The maximum absolute atomic E-state index is 11.6. The average molecular weight is 293 g/mol. The predicted molar refractivity (Wildman–Crippen MR) is 77.4 cm³/mol. The molecule has 0 atom stereocenters. The number of ether oxygens (including phenoxy) is 1. The molecule has 1 saturated heterocycles. The Morgan fingerprint density at radius 1 is 1.38 bits per heavy atom. The Kier molecular flexibility index (Phi) is 5.53. The summed E-state index contributed by atoms with van der Waals surface area (Å²) in [5, 5.41) is 22.5. The number of carbonyl (C=O) groups excluding carboxylic acids is 1. The van der Waals surface area contributed by atoms with Crippen LogP contribution in [0.3, 0.4) is 0 Å². The summed E-state index contributed by atoms with van der Waals surface area (Å²) in [5.41, 5.74) is 2.83. The SMILES string of the molecule is O=C(CCN1CCOCC1)N/N=C\c1ccc(O)cc1O. The lowest BCUT2D eigenvalue weighted by Gasteiger charge is -2.25. The van der Waals surface area contributed by atoms with Crippen molar-refractivity contribution in [1.82, 2.24) is 10.3 Å². The van der Waals surface area contributed by atoms with Gasteiger partial charge in [-0.15, -0.1) is 0 Å². The summed E-state index contributed by atoms with van der Waals surface area (Å²) >= 11 is 0. The van der Waals surface area contributed by atoms with Crippen molar-refractivity contribution >= 4 is 12.1 Å². The van der Waals surface area contributed by atoms with Crippen LogP contribution >= 0.6 is 0 Å². The Bertz CT molecular complexity index is 513. The second kappa shape index (κ2) is 7.61. The third kappa shape index (κ3) is 5.05. The molecule has 0 spiro atoms. The fraction of sp³-hybridized carbons (Fsp3) is 0.429. The number of amides is 1. The van der Waals surface area contributed by atoms with Gasteiger partial charge in [0, 0.05) is 37.7 Å². The summed E-state index contributed by atoms with van der Waals surface area (Å²) in [7, 11) is 0. The molecule has 0 aliphatic carbocycles. The molecule has 114 valence electrons. The van der Waals surface area contributed by atoms with Crippen LogP contribution in [-0.4, -0.2) is 60.1 Å². The van der Waals surface area contributed by atoms with Gasteiger partial charge in [0.05, 0.1) is 19.4 Å².